The topological polar surface area (TPSA) is 26.3 Å². The zero-order valence-electron chi connectivity index (χ0n) is 15.0. The first-order valence-corrected chi connectivity index (χ1v) is 11.0. The van der Waals surface area contributed by atoms with E-state index in [1.165, 1.54) is 14.7 Å². The molecule has 3 aromatic carbocycles. The standard InChI is InChI=1S/C23H20IO2S/c1-17(2)22(24)23(25)26-18-13-15-21(16-14-18)27(19-9-5-3-6-10-19)20-11-7-4-8-12-20/h3-16,22H,1H2,2H3/q+1. The van der Waals surface area contributed by atoms with E-state index in [0.29, 0.717) is 5.75 Å². The number of esters is 1. The van der Waals surface area contributed by atoms with Crippen LogP contribution >= 0.6 is 22.6 Å². The molecule has 4 heteroatoms. The number of carbonyl (C=O) groups is 1. The SMILES string of the molecule is C=C(C)C(I)C(=O)Oc1ccc([S+](c2ccccc2)c2ccccc2)cc1. The highest BCUT2D eigenvalue weighted by molar-refractivity contribution is 14.1. The summed E-state index contributed by atoms with van der Waals surface area (Å²) in [5.41, 5.74) is 0.784. The molecule has 0 fully saturated rings. The normalized spacial score (nSPS) is 11.8. The van der Waals surface area contributed by atoms with Crippen LogP contribution in [-0.4, -0.2) is 9.89 Å². The third kappa shape index (κ3) is 5.02. The molecule has 1 unspecified atom stereocenters. The van der Waals surface area contributed by atoms with Crippen molar-refractivity contribution in [2.24, 2.45) is 0 Å². The van der Waals surface area contributed by atoms with E-state index in [4.69, 9.17) is 4.74 Å². The van der Waals surface area contributed by atoms with Crippen LogP contribution in [0.3, 0.4) is 0 Å². The molecule has 0 radical (unpaired) electrons. The first-order valence-electron chi connectivity index (χ1n) is 8.52. The van der Waals surface area contributed by atoms with E-state index in [0.717, 1.165) is 5.57 Å². The zero-order valence-corrected chi connectivity index (χ0v) is 17.9. The second kappa shape index (κ2) is 9.24. The lowest BCUT2D eigenvalue weighted by atomic mass is 10.2. The number of halogens is 1. The molecule has 0 aliphatic rings. The van der Waals surface area contributed by atoms with Crippen molar-refractivity contribution in [2.45, 2.75) is 25.5 Å². The van der Waals surface area contributed by atoms with Crippen LogP contribution in [0.15, 0.2) is 112 Å². The highest BCUT2D eigenvalue weighted by Gasteiger charge is 2.28. The number of alkyl halides is 1. The van der Waals surface area contributed by atoms with Gasteiger partial charge in [-0.05, 0) is 55.5 Å². The van der Waals surface area contributed by atoms with E-state index in [9.17, 15) is 4.79 Å². The molecule has 2 nitrogen and oxygen atoms in total. The van der Waals surface area contributed by atoms with Crippen molar-refractivity contribution in [1.29, 1.82) is 0 Å². The average molecular weight is 487 g/mol. The Morgan fingerprint density at radius 1 is 0.852 bits per heavy atom. The van der Waals surface area contributed by atoms with Gasteiger partial charge in [0.05, 0.1) is 10.9 Å². The first-order chi connectivity index (χ1) is 13.1. The van der Waals surface area contributed by atoms with E-state index in [2.05, 4.69) is 55.1 Å². The van der Waals surface area contributed by atoms with Gasteiger partial charge in [0, 0.05) is 0 Å². The molecule has 1 atom stereocenters. The first kappa shape index (κ1) is 19.7. The quantitative estimate of drug-likeness (QED) is 0.105. The van der Waals surface area contributed by atoms with Crippen LogP contribution in [0.25, 0.3) is 0 Å². The second-order valence-electron chi connectivity index (χ2n) is 6.03. The van der Waals surface area contributed by atoms with Gasteiger partial charge in [0.15, 0.2) is 14.7 Å². The number of rotatable bonds is 6. The summed E-state index contributed by atoms with van der Waals surface area (Å²) in [7, 11) is -0.208. The number of benzene rings is 3. The summed E-state index contributed by atoms with van der Waals surface area (Å²) in [5, 5.41) is 0. The molecule has 0 amide bonds. The van der Waals surface area contributed by atoms with Crippen LogP contribution in [0, 0.1) is 0 Å². The number of carbonyl (C=O) groups excluding carboxylic acids is 1. The second-order valence-corrected chi connectivity index (χ2v) is 9.31. The van der Waals surface area contributed by atoms with E-state index in [1.54, 1.807) is 0 Å². The lowest BCUT2D eigenvalue weighted by molar-refractivity contribution is -0.132. The Hall–Kier alpha value is -2.05. The molecule has 0 aliphatic carbocycles. The molecule has 0 aliphatic heterocycles. The van der Waals surface area contributed by atoms with Crippen LogP contribution < -0.4 is 4.74 Å². The van der Waals surface area contributed by atoms with Crippen molar-refractivity contribution >= 4 is 39.5 Å². The van der Waals surface area contributed by atoms with Gasteiger partial charge in [-0.1, -0.05) is 71.1 Å². The Kier molecular flexibility index (Phi) is 6.74. The molecular weight excluding hydrogens is 467 g/mol. The lowest BCUT2D eigenvalue weighted by Gasteiger charge is -2.11. The third-order valence-corrected chi connectivity index (χ3v) is 7.68. The Labute approximate surface area is 176 Å². The summed E-state index contributed by atoms with van der Waals surface area (Å²) in [6.45, 7) is 5.64. The van der Waals surface area contributed by atoms with Crippen LogP contribution in [0.1, 0.15) is 6.92 Å². The van der Waals surface area contributed by atoms with Crippen molar-refractivity contribution < 1.29 is 9.53 Å². The van der Waals surface area contributed by atoms with Gasteiger partial charge in [-0.15, -0.1) is 0 Å². The molecule has 0 bridgehead atoms. The maximum absolute atomic E-state index is 12.1. The highest BCUT2D eigenvalue weighted by atomic mass is 127. The van der Waals surface area contributed by atoms with Gasteiger partial charge >= 0.3 is 5.97 Å². The molecule has 0 N–H and O–H groups in total. The Bertz CT molecular complexity index is 869. The highest BCUT2D eigenvalue weighted by Crippen LogP contribution is 2.32. The van der Waals surface area contributed by atoms with Crippen molar-refractivity contribution in [3.05, 3.63) is 97.1 Å². The molecule has 0 aromatic heterocycles. The Morgan fingerprint density at radius 3 is 1.74 bits per heavy atom. The Morgan fingerprint density at radius 2 is 1.30 bits per heavy atom. The van der Waals surface area contributed by atoms with Crippen LogP contribution in [0.5, 0.6) is 5.75 Å². The molecule has 3 rings (SSSR count). The smallest absolute Gasteiger partial charge is 0.328 e. The summed E-state index contributed by atoms with van der Waals surface area (Å²) in [5.74, 6) is 0.261. The van der Waals surface area contributed by atoms with Gasteiger partial charge in [-0.25, -0.2) is 0 Å². The molecule has 3 aromatic rings. The van der Waals surface area contributed by atoms with Crippen molar-refractivity contribution in [3.8, 4) is 5.75 Å². The van der Waals surface area contributed by atoms with Crippen LogP contribution in [-0.2, 0) is 15.7 Å². The Balaban J connectivity index is 1.88. The van der Waals surface area contributed by atoms with Gasteiger partial charge in [0.2, 0.25) is 0 Å². The number of hydrogen-bond donors (Lipinski definition) is 0. The van der Waals surface area contributed by atoms with Crippen molar-refractivity contribution in [1.82, 2.24) is 0 Å². The minimum absolute atomic E-state index is 0.208. The van der Waals surface area contributed by atoms with Gasteiger partial charge in [0.1, 0.15) is 9.67 Å². The summed E-state index contributed by atoms with van der Waals surface area (Å²) in [6, 6.07) is 28.7. The summed E-state index contributed by atoms with van der Waals surface area (Å²) < 4.78 is 5.14. The molecule has 27 heavy (non-hydrogen) atoms. The lowest BCUT2D eigenvalue weighted by Crippen LogP contribution is -2.20. The van der Waals surface area contributed by atoms with Gasteiger partial charge in [-0.2, -0.15) is 0 Å². The molecule has 0 saturated heterocycles. The molecular formula is C23H20IO2S+. The van der Waals surface area contributed by atoms with Gasteiger partial charge in [0.25, 0.3) is 0 Å². The predicted molar refractivity (Wildman–Crippen MR) is 120 cm³/mol. The summed E-state index contributed by atoms with van der Waals surface area (Å²) in [4.78, 5) is 15.8. The molecule has 0 heterocycles. The maximum Gasteiger partial charge on any atom is 0.328 e. The number of hydrogen-bond acceptors (Lipinski definition) is 2. The molecule has 0 saturated carbocycles. The molecule has 0 spiro atoms. The third-order valence-electron chi connectivity index (χ3n) is 3.88. The van der Waals surface area contributed by atoms with Crippen LogP contribution in [0.4, 0.5) is 0 Å². The maximum atomic E-state index is 12.1. The van der Waals surface area contributed by atoms with Crippen LogP contribution in [0.2, 0.25) is 0 Å². The zero-order chi connectivity index (χ0) is 19.2. The monoisotopic (exact) mass is 487 g/mol. The predicted octanol–water partition coefficient (Wildman–Crippen LogP) is 6.07. The fourth-order valence-electron chi connectivity index (χ4n) is 2.53. The summed E-state index contributed by atoms with van der Waals surface area (Å²) >= 11 is 2.04. The van der Waals surface area contributed by atoms with Gasteiger partial charge in [-0.3, -0.25) is 4.79 Å². The minimum atomic E-state index is -0.342. The van der Waals surface area contributed by atoms with Gasteiger partial charge < -0.3 is 4.74 Å². The summed E-state index contributed by atoms with van der Waals surface area (Å²) in [6.07, 6.45) is 0. The number of ether oxygens (including phenoxy) is 1. The van der Waals surface area contributed by atoms with Crippen molar-refractivity contribution in [3.63, 3.8) is 0 Å². The fraction of sp³-hybridized carbons (Fsp3) is 0.0870. The molecule has 136 valence electrons. The average Bonchev–Trinajstić information content (AvgIpc) is 2.70. The van der Waals surface area contributed by atoms with E-state index in [1.807, 2.05) is 65.9 Å². The van der Waals surface area contributed by atoms with Crippen molar-refractivity contribution in [2.75, 3.05) is 0 Å². The fourth-order valence-corrected chi connectivity index (χ4v) is 4.74. The largest absolute Gasteiger partial charge is 0.426 e. The van der Waals surface area contributed by atoms with E-state index >= 15 is 0 Å². The van der Waals surface area contributed by atoms with E-state index in [-0.39, 0.29) is 20.8 Å². The minimum Gasteiger partial charge on any atom is -0.426 e. The van der Waals surface area contributed by atoms with E-state index < -0.39 is 0 Å².